The van der Waals surface area contributed by atoms with Crippen LogP contribution in [-0.4, -0.2) is 54.3 Å². The fourth-order valence-corrected chi connectivity index (χ4v) is 3.67. The summed E-state index contributed by atoms with van der Waals surface area (Å²) in [5, 5.41) is 3.10. The van der Waals surface area contributed by atoms with Gasteiger partial charge in [-0.1, -0.05) is 32.0 Å². The van der Waals surface area contributed by atoms with Gasteiger partial charge in [-0.15, -0.1) is 0 Å². The number of halogens is 1. The van der Waals surface area contributed by atoms with E-state index in [1.807, 2.05) is 6.07 Å². The summed E-state index contributed by atoms with van der Waals surface area (Å²) in [6.07, 6.45) is 1.74. The first kappa shape index (κ1) is 21.0. The Bertz CT molecular complexity index is 837. The molecule has 154 valence electrons. The summed E-state index contributed by atoms with van der Waals surface area (Å²) >= 11 is 0. The molecule has 1 aliphatic heterocycles. The van der Waals surface area contributed by atoms with Gasteiger partial charge in [0.25, 0.3) is 5.91 Å². The van der Waals surface area contributed by atoms with Gasteiger partial charge in [-0.25, -0.2) is 4.39 Å². The van der Waals surface area contributed by atoms with Gasteiger partial charge in [-0.3, -0.25) is 14.5 Å². The van der Waals surface area contributed by atoms with Crippen molar-refractivity contribution in [2.75, 3.05) is 38.0 Å². The van der Waals surface area contributed by atoms with Crippen molar-refractivity contribution in [1.29, 1.82) is 0 Å². The van der Waals surface area contributed by atoms with Crippen LogP contribution < -0.4 is 5.32 Å². The highest BCUT2D eigenvalue weighted by Gasteiger charge is 2.23. The summed E-state index contributed by atoms with van der Waals surface area (Å²) in [5.41, 5.74) is 3.72. The standard InChI is InChI=1S/C23H28FN3O2/c1-3-17-6-5-7-18(4-2)22(17)25-21(28)16-26-12-14-27(15-13-26)23(29)19-8-10-20(24)11-9-19/h5-11H,3-4,12-16H2,1-2H3,(H,25,28). The fraction of sp³-hybridized carbons (Fsp3) is 0.391. The van der Waals surface area contributed by atoms with E-state index in [9.17, 15) is 14.0 Å². The summed E-state index contributed by atoms with van der Waals surface area (Å²) in [6, 6.07) is 11.7. The lowest BCUT2D eigenvalue weighted by Gasteiger charge is -2.34. The highest BCUT2D eigenvalue weighted by Crippen LogP contribution is 2.22. The first-order chi connectivity index (χ1) is 14.0. The van der Waals surface area contributed by atoms with Gasteiger partial charge in [0.15, 0.2) is 0 Å². The van der Waals surface area contributed by atoms with Crippen LogP contribution in [0.3, 0.4) is 0 Å². The molecule has 1 N–H and O–H groups in total. The maximum absolute atomic E-state index is 13.0. The van der Waals surface area contributed by atoms with E-state index in [1.165, 1.54) is 24.3 Å². The molecule has 2 amide bonds. The van der Waals surface area contributed by atoms with Gasteiger partial charge in [0.2, 0.25) is 5.91 Å². The second-order valence-electron chi connectivity index (χ2n) is 7.28. The van der Waals surface area contributed by atoms with Crippen molar-refractivity contribution in [1.82, 2.24) is 9.80 Å². The summed E-state index contributed by atoms with van der Waals surface area (Å²) in [6.45, 7) is 6.85. The van der Waals surface area contributed by atoms with Crippen molar-refractivity contribution in [3.8, 4) is 0 Å². The number of para-hydroxylation sites is 1. The van der Waals surface area contributed by atoms with E-state index in [0.717, 1.165) is 29.7 Å². The molecular formula is C23H28FN3O2. The van der Waals surface area contributed by atoms with Gasteiger partial charge in [-0.05, 0) is 48.2 Å². The number of nitrogens with zero attached hydrogens (tertiary/aromatic N) is 2. The third-order valence-electron chi connectivity index (χ3n) is 5.38. The van der Waals surface area contributed by atoms with Crippen LogP contribution in [0.2, 0.25) is 0 Å². The highest BCUT2D eigenvalue weighted by molar-refractivity contribution is 5.95. The lowest BCUT2D eigenvalue weighted by atomic mass is 10.0. The van der Waals surface area contributed by atoms with Crippen molar-refractivity contribution in [2.45, 2.75) is 26.7 Å². The predicted octanol–water partition coefficient (Wildman–Crippen LogP) is 3.35. The van der Waals surface area contributed by atoms with E-state index >= 15 is 0 Å². The van der Waals surface area contributed by atoms with Gasteiger partial charge in [0, 0.05) is 37.4 Å². The Morgan fingerprint density at radius 1 is 0.931 bits per heavy atom. The summed E-state index contributed by atoms with van der Waals surface area (Å²) in [5.74, 6) is -0.481. The van der Waals surface area contributed by atoms with E-state index in [-0.39, 0.29) is 17.6 Å². The van der Waals surface area contributed by atoms with Crippen LogP contribution in [0.5, 0.6) is 0 Å². The van der Waals surface area contributed by atoms with Crippen LogP contribution in [0, 0.1) is 5.82 Å². The lowest BCUT2D eigenvalue weighted by molar-refractivity contribution is -0.117. The Kier molecular flexibility index (Phi) is 6.99. The molecule has 29 heavy (non-hydrogen) atoms. The van der Waals surface area contributed by atoms with Crippen molar-refractivity contribution < 1.29 is 14.0 Å². The van der Waals surface area contributed by atoms with Crippen LogP contribution in [0.25, 0.3) is 0 Å². The summed E-state index contributed by atoms with van der Waals surface area (Å²) in [4.78, 5) is 29.0. The number of carbonyl (C=O) groups excluding carboxylic acids is 2. The third kappa shape index (κ3) is 5.21. The molecule has 0 saturated carbocycles. The van der Waals surface area contributed by atoms with Gasteiger partial charge in [0.05, 0.1) is 6.54 Å². The monoisotopic (exact) mass is 397 g/mol. The Morgan fingerprint density at radius 2 is 1.52 bits per heavy atom. The average molecular weight is 397 g/mol. The molecule has 2 aromatic rings. The highest BCUT2D eigenvalue weighted by atomic mass is 19.1. The number of nitrogens with one attached hydrogen (secondary N) is 1. The number of carbonyl (C=O) groups is 2. The molecule has 3 rings (SSSR count). The van der Waals surface area contributed by atoms with E-state index in [0.29, 0.717) is 38.3 Å². The maximum Gasteiger partial charge on any atom is 0.253 e. The molecule has 2 aromatic carbocycles. The number of benzene rings is 2. The minimum Gasteiger partial charge on any atom is -0.336 e. The Morgan fingerprint density at radius 3 is 2.07 bits per heavy atom. The normalized spacial score (nSPS) is 14.7. The minimum atomic E-state index is -0.353. The fourth-order valence-electron chi connectivity index (χ4n) is 3.67. The molecule has 1 heterocycles. The van der Waals surface area contributed by atoms with Crippen molar-refractivity contribution in [3.63, 3.8) is 0 Å². The second-order valence-corrected chi connectivity index (χ2v) is 7.28. The topological polar surface area (TPSA) is 52.7 Å². The average Bonchev–Trinajstić information content (AvgIpc) is 2.74. The van der Waals surface area contributed by atoms with Crippen LogP contribution in [-0.2, 0) is 17.6 Å². The predicted molar refractivity (Wildman–Crippen MR) is 113 cm³/mol. The maximum atomic E-state index is 13.0. The van der Waals surface area contributed by atoms with E-state index in [4.69, 9.17) is 0 Å². The van der Waals surface area contributed by atoms with Crippen LogP contribution in [0.4, 0.5) is 10.1 Å². The van der Waals surface area contributed by atoms with Gasteiger partial charge >= 0.3 is 0 Å². The Labute approximate surface area is 171 Å². The Hall–Kier alpha value is -2.73. The SMILES string of the molecule is CCc1cccc(CC)c1NC(=O)CN1CCN(C(=O)c2ccc(F)cc2)CC1. The van der Waals surface area contributed by atoms with Crippen molar-refractivity contribution in [3.05, 3.63) is 65.0 Å². The zero-order valence-electron chi connectivity index (χ0n) is 17.1. The second kappa shape index (κ2) is 9.65. The quantitative estimate of drug-likeness (QED) is 0.813. The molecule has 0 radical (unpaired) electrons. The van der Waals surface area contributed by atoms with Crippen molar-refractivity contribution in [2.24, 2.45) is 0 Å². The lowest BCUT2D eigenvalue weighted by Crippen LogP contribution is -2.50. The van der Waals surface area contributed by atoms with E-state index in [1.54, 1.807) is 4.90 Å². The first-order valence-electron chi connectivity index (χ1n) is 10.2. The summed E-state index contributed by atoms with van der Waals surface area (Å²) < 4.78 is 13.0. The number of anilines is 1. The number of piperazine rings is 1. The minimum absolute atomic E-state index is 0.0288. The molecule has 1 saturated heterocycles. The zero-order chi connectivity index (χ0) is 20.8. The van der Waals surface area contributed by atoms with Gasteiger partial charge < -0.3 is 10.2 Å². The molecule has 0 aromatic heterocycles. The van der Waals surface area contributed by atoms with E-state index in [2.05, 4.69) is 36.2 Å². The first-order valence-corrected chi connectivity index (χ1v) is 10.2. The number of hydrogen-bond donors (Lipinski definition) is 1. The molecular weight excluding hydrogens is 369 g/mol. The third-order valence-corrected chi connectivity index (χ3v) is 5.38. The van der Waals surface area contributed by atoms with Crippen LogP contribution in [0.15, 0.2) is 42.5 Å². The largest absolute Gasteiger partial charge is 0.336 e. The van der Waals surface area contributed by atoms with E-state index < -0.39 is 0 Å². The molecule has 6 heteroatoms. The number of rotatable bonds is 6. The van der Waals surface area contributed by atoms with Gasteiger partial charge in [-0.2, -0.15) is 0 Å². The number of aryl methyl sites for hydroxylation is 2. The smallest absolute Gasteiger partial charge is 0.253 e. The Balaban J connectivity index is 1.54. The number of hydrogen-bond acceptors (Lipinski definition) is 3. The van der Waals surface area contributed by atoms with Crippen LogP contribution >= 0.6 is 0 Å². The molecule has 0 aliphatic carbocycles. The molecule has 0 unspecified atom stereocenters. The van der Waals surface area contributed by atoms with Gasteiger partial charge in [0.1, 0.15) is 5.82 Å². The molecule has 0 spiro atoms. The molecule has 1 aliphatic rings. The molecule has 1 fully saturated rings. The molecule has 5 nitrogen and oxygen atoms in total. The molecule has 0 bridgehead atoms. The van der Waals surface area contributed by atoms with Crippen molar-refractivity contribution >= 4 is 17.5 Å². The van der Waals surface area contributed by atoms with Crippen LogP contribution in [0.1, 0.15) is 35.3 Å². The molecule has 0 atom stereocenters. The summed E-state index contributed by atoms with van der Waals surface area (Å²) in [7, 11) is 0. The number of amides is 2. The zero-order valence-corrected chi connectivity index (χ0v) is 17.1.